The van der Waals surface area contributed by atoms with Crippen molar-refractivity contribution in [3.05, 3.63) is 36.4 Å². The summed E-state index contributed by atoms with van der Waals surface area (Å²) in [4.78, 5) is 15.7. The van der Waals surface area contributed by atoms with E-state index in [1.165, 1.54) is 24.7 Å². The lowest BCUT2D eigenvalue weighted by atomic mass is 10.2. The largest absolute Gasteiger partial charge is 0.508 e. The van der Waals surface area contributed by atoms with Gasteiger partial charge in [-0.15, -0.1) is 0 Å². The van der Waals surface area contributed by atoms with Gasteiger partial charge >= 0.3 is 0 Å². The number of phenols is 1. The van der Waals surface area contributed by atoms with Gasteiger partial charge in [-0.1, -0.05) is 0 Å². The molecule has 2 aromatic rings. The van der Waals surface area contributed by atoms with E-state index in [-0.39, 0.29) is 11.7 Å². The third-order valence-corrected chi connectivity index (χ3v) is 2.33. The molecule has 4 N–H and O–H groups in total. The lowest BCUT2D eigenvalue weighted by molar-refractivity contribution is 0.101. The minimum absolute atomic E-state index is 0.0565. The van der Waals surface area contributed by atoms with Crippen LogP contribution in [-0.4, -0.2) is 20.6 Å². The number of nitrogens with zero attached hydrogens (tertiary/aromatic N) is 2. The van der Waals surface area contributed by atoms with Crippen LogP contribution in [0.15, 0.2) is 30.7 Å². The smallest absolute Gasteiger partial charge is 0.273 e. The van der Waals surface area contributed by atoms with Crippen LogP contribution in [0.1, 0.15) is 10.5 Å². The third kappa shape index (κ3) is 2.20. The fraction of sp³-hybridized carbons (Fsp3) is 0.0909. The molecule has 0 bridgehead atoms. The van der Waals surface area contributed by atoms with Gasteiger partial charge in [0, 0.05) is 13.1 Å². The minimum atomic E-state index is -0.303. The zero-order chi connectivity index (χ0) is 12.4. The van der Waals surface area contributed by atoms with Crippen molar-refractivity contribution in [3.63, 3.8) is 0 Å². The van der Waals surface area contributed by atoms with Gasteiger partial charge in [0.1, 0.15) is 11.4 Å². The van der Waals surface area contributed by atoms with E-state index >= 15 is 0 Å². The van der Waals surface area contributed by atoms with E-state index < -0.39 is 0 Å². The van der Waals surface area contributed by atoms with E-state index in [1.54, 1.807) is 17.7 Å². The molecule has 1 amide bonds. The Labute approximate surface area is 97.7 Å². The molecule has 1 heterocycles. The highest BCUT2D eigenvalue weighted by molar-refractivity contribution is 6.04. The molecule has 0 aliphatic carbocycles. The number of aromatic hydroxyl groups is 1. The molecular formula is C11H12N4O2. The Balaban J connectivity index is 2.22. The van der Waals surface area contributed by atoms with Gasteiger partial charge in [-0.25, -0.2) is 4.98 Å². The molecule has 2 rings (SSSR count). The van der Waals surface area contributed by atoms with Crippen LogP contribution in [0.25, 0.3) is 0 Å². The van der Waals surface area contributed by atoms with E-state index in [0.717, 1.165) is 0 Å². The second-order valence-corrected chi connectivity index (χ2v) is 3.62. The number of benzene rings is 1. The van der Waals surface area contributed by atoms with Crippen molar-refractivity contribution in [2.24, 2.45) is 7.05 Å². The summed E-state index contributed by atoms with van der Waals surface area (Å²) in [5.74, 6) is -0.247. The Morgan fingerprint density at radius 3 is 2.88 bits per heavy atom. The predicted molar refractivity (Wildman–Crippen MR) is 63.7 cm³/mol. The fourth-order valence-corrected chi connectivity index (χ4v) is 1.43. The summed E-state index contributed by atoms with van der Waals surface area (Å²) < 4.78 is 1.60. The third-order valence-electron chi connectivity index (χ3n) is 2.33. The molecule has 88 valence electrons. The van der Waals surface area contributed by atoms with E-state index in [0.29, 0.717) is 17.1 Å². The van der Waals surface area contributed by atoms with Gasteiger partial charge in [0.2, 0.25) is 0 Å². The molecular weight excluding hydrogens is 220 g/mol. The lowest BCUT2D eigenvalue weighted by Crippen LogP contribution is -2.16. The minimum Gasteiger partial charge on any atom is -0.508 e. The zero-order valence-electron chi connectivity index (χ0n) is 9.21. The van der Waals surface area contributed by atoms with Gasteiger partial charge in [0.15, 0.2) is 0 Å². The molecule has 0 spiro atoms. The van der Waals surface area contributed by atoms with Gasteiger partial charge in [-0.2, -0.15) is 0 Å². The average molecular weight is 232 g/mol. The fourth-order valence-electron chi connectivity index (χ4n) is 1.43. The van der Waals surface area contributed by atoms with Crippen LogP contribution in [0, 0.1) is 0 Å². The number of carbonyl (C=O) groups excluding carboxylic acids is 1. The van der Waals surface area contributed by atoms with E-state index in [9.17, 15) is 9.90 Å². The van der Waals surface area contributed by atoms with Crippen LogP contribution < -0.4 is 11.1 Å². The molecule has 17 heavy (non-hydrogen) atoms. The van der Waals surface area contributed by atoms with E-state index in [2.05, 4.69) is 10.3 Å². The first kappa shape index (κ1) is 11.0. The molecule has 0 atom stereocenters. The van der Waals surface area contributed by atoms with E-state index in [1.807, 2.05) is 0 Å². The van der Waals surface area contributed by atoms with Crippen LogP contribution in [0.3, 0.4) is 0 Å². The van der Waals surface area contributed by atoms with Crippen molar-refractivity contribution >= 4 is 17.3 Å². The number of nitrogens with two attached hydrogens (primary N) is 1. The maximum atomic E-state index is 11.8. The monoisotopic (exact) mass is 232 g/mol. The molecule has 6 nitrogen and oxygen atoms in total. The Hall–Kier alpha value is -2.50. The highest BCUT2D eigenvalue weighted by Crippen LogP contribution is 2.23. The zero-order valence-corrected chi connectivity index (χ0v) is 9.21. The number of nitrogen functional groups attached to an aromatic ring is 1. The van der Waals surface area contributed by atoms with Gasteiger partial charge in [-0.3, -0.25) is 4.79 Å². The standard InChI is InChI=1S/C11H12N4O2/c1-15-6-13-5-10(15)11(17)14-9-3-2-7(16)4-8(9)12/h2-6,16H,12H2,1H3,(H,14,17). The van der Waals surface area contributed by atoms with Crippen molar-refractivity contribution in [2.45, 2.75) is 0 Å². The second-order valence-electron chi connectivity index (χ2n) is 3.62. The summed E-state index contributed by atoms with van der Waals surface area (Å²) in [7, 11) is 1.72. The Bertz CT molecular complexity index is 562. The predicted octanol–water partition coefficient (Wildman–Crippen LogP) is 0.960. The van der Waals surface area contributed by atoms with Gasteiger partial charge in [0.05, 0.1) is 23.9 Å². The van der Waals surface area contributed by atoms with Gasteiger partial charge in [-0.05, 0) is 12.1 Å². The number of carbonyl (C=O) groups is 1. The van der Waals surface area contributed by atoms with Crippen LogP contribution in [0.4, 0.5) is 11.4 Å². The molecule has 0 aliphatic rings. The number of rotatable bonds is 2. The highest BCUT2D eigenvalue weighted by Gasteiger charge is 2.11. The molecule has 0 saturated carbocycles. The van der Waals surface area contributed by atoms with Crippen molar-refractivity contribution in [1.82, 2.24) is 9.55 Å². The van der Waals surface area contributed by atoms with Gasteiger partial charge in [0.25, 0.3) is 5.91 Å². The summed E-state index contributed by atoms with van der Waals surface area (Å²) in [6, 6.07) is 4.37. The maximum absolute atomic E-state index is 11.8. The number of anilines is 2. The summed E-state index contributed by atoms with van der Waals surface area (Å²) in [5.41, 5.74) is 6.85. The summed E-state index contributed by atoms with van der Waals surface area (Å²) in [6.07, 6.45) is 3.00. The Kier molecular flexibility index (Phi) is 2.70. The van der Waals surface area contributed by atoms with Crippen LogP contribution >= 0.6 is 0 Å². The van der Waals surface area contributed by atoms with Crippen LogP contribution in [0.5, 0.6) is 5.75 Å². The summed E-state index contributed by atoms with van der Waals surface area (Å²) in [6.45, 7) is 0. The van der Waals surface area contributed by atoms with E-state index in [4.69, 9.17) is 5.73 Å². The second kappa shape index (κ2) is 4.17. The Morgan fingerprint density at radius 2 is 2.29 bits per heavy atom. The number of amides is 1. The number of nitrogens with one attached hydrogen (secondary N) is 1. The molecule has 0 fully saturated rings. The SMILES string of the molecule is Cn1cncc1C(=O)Nc1ccc(O)cc1N. The Morgan fingerprint density at radius 1 is 1.53 bits per heavy atom. The first-order valence-corrected chi connectivity index (χ1v) is 4.94. The molecule has 0 saturated heterocycles. The van der Waals surface area contributed by atoms with Crippen molar-refractivity contribution in [3.8, 4) is 5.75 Å². The topological polar surface area (TPSA) is 93.2 Å². The number of hydrogen-bond donors (Lipinski definition) is 3. The summed E-state index contributed by atoms with van der Waals surface area (Å²) >= 11 is 0. The summed E-state index contributed by atoms with van der Waals surface area (Å²) in [5, 5.41) is 11.8. The molecule has 1 aromatic heterocycles. The van der Waals surface area contributed by atoms with Crippen molar-refractivity contribution in [2.75, 3.05) is 11.1 Å². The number of phenolic OH excluding ortho intramolecular Hbond substituents is 1. The number of imidazole rings is 1. The average Bonchev–Trinajstić information content (AvgIpc) is 2.68. The number of hydrogen-bond acceptors (Lipinski definition) is 4. The molecule has 0 unspecified atom stereocenters. The quantitative estimate of drug-likeness (QED) is 0.531. The van der Waals surface area contributed by atoms with Gasteiger partial charge < -0.3 is 20.7 Å². The first-order valence-electron chi connectivity index (χ1n) is 4.94. The number of aromatic nitrogens is 2. The van der Waals surface area contributed by atoms with Crippen LogP contribution in [-0.2, 0) is 7.05 Å². The van der Waals surface area contributed by atoms with Crippen molar-refractivity contribution in [1.29, 1.82) is 0 Å². The lowest BCUT2D eigenvalue weighted by Gasteiger charge is -2.08. The first-order chi connectivity index (χ1) is 8.08. The van der Waals surface area contributed by atoms with Crippen molar-refractivity contribution < 1.29 is 9.90 Å². The molecule has 6 heteroatoms. The van der Waals surface area contributed by atoms with Crippen LogP contribution in [0.2, 0.25) is 0 Å². The molecule has 1 aromatic carbocycles. The normalized spacial score (nSPS) is 10.2. The molecule has 0 aliphatic heterocycles. The highest BCUT2D eigenvalue weighted by atomic mass is 16.3. The molecule has 0 radical (unpaired) electrons. The number of aryl methyl sites for hydroxylation is 1. The maximum Gasteiger partial charge on any atom is 0.273 e.